The van der Waals surface area contributed by atoms with E-state index in [0.717, 1.165) is 11.4 Å². The highest BCUT2D eigenvalue weighted by molar-refractivity contribution is 5.80. The molecule has 0 spiro atoms. The third-order valence-electron chi connectivity index (χ3n) is 3.57. The third-order valence-corrected chi connectivity index (χ3v) is 3.57. The van der Waals surface area contributed by atoms with E-state index in [1.807, 2.05) is 33.8 Å². The maximum Gasteiger partial charge on any atom is 0.247 e. The van der Waals surface area contributed by atoms with E-state index in [1.165, 1.54) is 0 Å². The molecule has 8 nitrogen and oxygen atoms in total. The highest BCUT2D eigenvalue weighted by atomic mass is 16.5. The van der Waals surface area contributed by atoms with Crippen LogP contribution in [0.15, 0.2) is 10.6 Å². The summed E-state index contributed by atoms with van der Waals surface area (Å²) in [6.45, 7) is 8.71. The van der Waals surface area contributed by atoms with Gasteiger partial charge in [0.25, 0.3) is 0 Å². The van der Waals surface area contributed by atoms with E-state index < -0.39 is 0 Å². The summed E-state index contributed by atoms with van der Waals surface area (Å²) in [5.74, 6) is 0.829. The molecule has 2 heterocycles. The van der Waals surface area contributed by atoms with E-state index >= 15 is 0 Å². The Bertz CT molecular complexity index is 664. The van der Waals surface area contributed by atoms with Crippen LogP contribution >= 0.6 is 0 Å². The highest BCUT2D eigenvalue weighted by Gasteiger charge is 2.24. The summed E-state index contributed by atoms with van der Waals surface area (Å²) in [7, 11) is 1.56. The van der Waals surface area contributed by atoms with Crippen LogP contribution in [0.5, 0.6) is 0 Å². The molecule has 1 atom stereocenters. The number of likely N-dealkylation sites (N-methyl/N-ethyl adjacent to an activating group) is 1. The molecule has 0 unspecified atom stereocenters. The van der Waals surface area contributed by atoms with Gasteiger partial charge in [0.2, 0.25) is 11.8 Å². The van der Waals surface area contributed by atoms with Crippen molar-refractivity contribution in [3.05, 3.63) is 29.2 Å². The SMILES string of the molecule is CCN(Cc1nc(COC)no1)C(=O)[C@@H](C)n1nc(C)cc1C. The van der Waals surface area contributed by atoms with Crippen LogP contribution in [0.3, 0.4) is 0 Å². The van der Waals surface area contributed by atoms with Gasteiger partial charge in [0.15, 0.2) is 5.82 Å². The second-order valence-electron chi connectivity index (χ2n) is 5.44. The van der Waals surface area contributed by atoms with Crippen molar-refractivity contribution >= 4 is 5.91 Å². The lowest BCUT2D eigenvalue weighted by molar-refractivity contribution is -0.135. The van der Waals surface area contributed by atoms with Crippen LogP contribution in [0.1, 0.15) is 43.0 Å². The number of rotatable bonds is 7. The van der Waals surface area contributed by atoms with E-state index in [9.17, 15) is 4.79 Å². The number of carbonyl (C=O) groups excluding carboxylic acids is 1. The van der Waals surface area contributed by atoms with Gasteiger partial charge in [0.05, 0.1) is 5.69 Å². The van der Waals surface area contributed by atoms with E-state index in [0.29, 0.717) is 18.3 Å². The fourth-order valence-electron chi connectivity index (χ4n) is 2.46. The molecule has 0 aliphatic heterocycles. The zero-order chi connectivity index (χ0) is 17.0. The molecule has 0 aliphatic carbocycles. The van der Waals surface area contributed by atoms with Gasteiger partial charge in [-0.15, -0.1) is 0 Å². The largest absolute Gasteiger partial charge is 0.377 e. The van der Waals surface area contributed by atoms with Crippen LogP contribution < -0.4 is 0 Å². The zero-order valence-electron chi connectivity index (χ0n) is 14.2. The predicted octanol–water partition coefficient (Wildman–Crippen LogP) is 1.64. The maximum absolute atomic E-state index is 12.7. The highest BCUT2D eigenvalue weighted by Crippen LogP contribution is 2.15. The molecule has 126 valence electrons. The third kappa shape index (κ3) is 3.95. The summed E-state index contributed by atoms with van der Waals surface area (Å²) in [4.78, 5) is 18.6. The van der Waals surface area contributed by atoms with Gasteiger partial charge in [0, 0.05) is 19.3 Å². The summed E-state index contributed by atoms with van der Waals surface area (Å²) < 4.78 is 11.9. The Morgan fingerprint density at radius 2 is 2.22 bits per heavy atom. The minimum Gasteiger partial charge on any atom is -0.377 e. The van der Waals surface area contributed by atoms with Gasteiger partial charge in [-0.1, -0.05) is 5.16 Å². The lowest BCUT2D eigenvalue weighted by Gasteiger charge is -2.23. The second kappa shape index (κ2) is 7.36. The topological polar surface area (TPSA) is 86.3 Å². The lowest BCUT2D eigenvalue weighted by atomic mass is 10.2. The standard InChI is InChI=1S/C15H23N5O3/c1-6-19(8-14-16-13(9-22-5)18-23-14)15(21)12(4)20-11(3)7-10(2)17-20/h7,12H,6,8-9H2,1-5H3/t12-/m1/s1. The Morgan fingerprint density at radius 1 is 1.48 bits per heavy atom. The minimum atomic E-state index is -0.384. The van der Waals surface area contributed by atoms with Crippen LogP contribution in [-0.2, 0) is 22.7 Å². The molecule has 1 amide bonds. The fourth-order valence-corrected chi connectivity index (χ4v) is 2.46. The van der Waals surface area contributed by atoms with E-state index in [-0.39, 0.29) is 25.1 Å². The summed E-state index contributed by atoms with van der Waals surface area (Å²) in [5, 5.41) is 8.19. The van der Waals surface area contributed by atoms with Gasteiger partial charge in [-0.3, -0.25) is 9.48 Å². The first-order valence-electron chi connectivity index (χ1n) is 7.58. The molecule has 0 radical (unpaired) electrons. The molecule has 0 bridgehead atoms. The predicted molar refractivity (Wildman–Crippen MR) is 82.5 cm³/mol. The number of ether oxygens (including phenoxy) is 1. The number of aryl methyl sites for hydroxylation is 2. The summed E-state index contributed by atoms with van der Waals surface area (Å²) in [5.41, 5.74) is 1.85. The minimum absolute atomic E-state index is 0.0369. The first-order valence-corrected chi connectivity index (χ1v) is 7.58. The molecule has 8 heteroatoms. The Morgan fingerprint density at radius 3 is 2.78 bits per heavy atom. The first-order chi connectivity index (χ1) is 11.0. The van der Waals surface area contributed by atoms with Crippen LogP contribution in [0.2, 0.25) is 0 Å². The molecule has 2 rings (SSSR count). The van der Waals surface area contributed by atoms with Gasteiger partial charge >= 0.3 is 0 Å². The van der Waals surface area contributed by atoms with E-state index in [2.05, 4.69) is 15.2 Å². The van der Waals surface area contributed by atoms with Crippen molar-refractivity contribution in [1.29, 1.82) is 0 Å². The van der Waals surface area contributed by atoms with Gasteiger partial charge in [-0.05, 0) is 33.8 Å². The van der Waals surface area contributed by atoms with Crippen LogP contribution in [-0.4, -0.2) is 44.4 Å². The number of aromatic nitrogens is 4. The van der Waals surface area contributed by atoms with E-state index in [1.54, 1.807) is 16.7 Å². The molecule has 2 aromatic heterocycles. The molecule has 0 fully saturated rings. The first kappa shape index (κ1) is 17.1. The van der Waals surface area contributed by atoms with Gasteiger partial charge in [0.1, 0.15) is 19.2 Å². The summed E-state index contributed by atoms with van der Waals surface area (Å²) in [6.07, 6.45) is 0. The number of carbonyl (C=O) groups is 1. The zero-order valence-corrected chi connectivity index (χ0v) is 14.2. The van der Waals surface area contributed by atoms with Crippen molar-refractivity contribution < 1.29 is 14.1 Å². The Kier molecular flexibility index (Phi) is 5.49. The number of hydrogen-bond donors (Lipinski definition) is 0. The molecule has 0 saturated carbocycles. The van der Waals surface area contributed by atoms with Crippen molar-refractivity contribution in [2.45, 2.75) is 46.9 Å². The second-order valence-corrected chi connectivity index (χ2v) is 5.44. The van der Waals surface area contributed by atoms with Crippen molar-refractivity contribution in [2.24, 2.45) is 0 Å². The van der Waals surface area contributed by atoms with Gasteiger partial charge in [-0.2, -0.15) is 10.1 Å². The quantitative estimate of drug-likeness (QED) is 0.770. The lowest BCUT2D eigenvalue weighted by Crippen LogP contribution is -2.36. The monoisotopic (exact) mass is 321 g/mol. The average Bonchev–Trinajstić information content (AvgIpc) is 3.09. The van der Waals surface area contributed by atoms with E-state index in [4.69, 9.17) is 9.26 Å². The smallest absolute Gasteiger partial charge is 0.247 e. The summed E-state index contributed by atoms with van der Waals surface area (Å²) in [6, 6.07) is 1.57. The fraction of sp³-hybridized carbons (Fsp3) is 0.600. The Labute approximate surface area is 135 Å². The number of hydrogen-bond acceptors (Lipinski definition) is 6. The van der Waals surface area contributed by atoms with Gasteiger partial charge < -0.3 is 14.2 Å². The molecule has 0 saturated heterocycles. The average molecular weight is 321 g/mol. The van der Waals surface area contributed by atoms with Crippen molar-refractivity contribution in [3.8, 4) is 0 Å². The number of nitrogens with zero attached hydrogens (tertiary/aromatic N) is 5. The van der Waals surface area contributed by atoms with Crippen molar-refractivity contribution in [3.63, 3.8) is 0 Å². The van der Waals surface area contributed by atoms with Crippen LogP contribution in [0, 0.1) is 13.8 Å². The molecular formula is C15H23N5O3. The van der Waals surface area contributed by atoms with Crippen molar-refractivity contribution in [1.82, 2.24) is 24.8 Å². The Balaban J connectivity index is 2.09. The number of methoxy groups -OCH3 is 1. The van der Waals surface area contributed by atoms with Gasteiger partial charge in [-0.25, -0.2) is 0 Å². The normalized spacial score (nSPS) is 12.4. The molecule has 0 aliphatic rings. The van der Waals surface area contributed by atoms with Crippen LogP contribution in [0.25, 0.3) is 0 Å². The van der Waals surface area contributed by atoms with Crippen LogP contribution in [0.4, 0.5) is 0 Å². The van der Waals surface area contributed by atoms with Crippen molar-refractivity contribution in [2.75, 3.05) is 13.7 Å². The molecule has 2 aromatic rings. The number of amides is 1. The summed E-state index contributed by atoms with van der Waals surface area (Å²) >= 11 is 0. The Hall–Kier alpha value is -2.22. The molecule has 0 aromatic carbocycles. The molecule has 0 N–H and O–H groups in total. The maximum atomic E-state index is 12.7. The molecular weight excluding hydrogens is 298 g/mol. The molecule has 23 heavy (non-hydrogen) atoms.